The number of fused-ring (bicyclic) bond motifs is 1. The number of nitrogens with one attached hydrogen (secondary N) is 2. The Morgan fingerprint density at radius 2 is 2.00 bits per heavy atom. The van der Waals surface area contributed by atoms with Crippen molar-refractivity contribution in [3.05, 3.63) is 48.7 Å². The molecule has 18 heavy (non-hydrogen) atoms. The maximum absolute atomic E-state index is 4.02. The normalized spacial score (nSPS) is 10.7. The number of hydrogen-bond acceptors (Lipinski definition) is 3. The molecule has 3 nitrogen and oxygen atoms in total. The average molecular weight is 255 g/mol. The molecule has 2 N–H and O–H groups in total. The Hall–Kier alpha value is -1.94. The molecule has 0 bridgehead atoms. The molecule has 0 aliphatic rings. The first kappa shape index (κ1) is 11.2. The number of aromatic nitrogens is 2. The van der Waals surface area contributed by atoms with Crippen LogP contribution in [0.1, 0.15) is 0 Å². The van der Waals surface area contributed by atoms with Crippen LogP contribution in [0, 0.1) is 0 Å². The summed E-state index contributed by atoms with van der Waals surface area (Å²) < 4.78 is 0. The van der Waals surface area contributed by atoms with Crippen LogP contribution in [0.4, 0.5) is 11.4 Å². The Bertz CT molecular complexity index is 675. The van der Waals surface area contributed by atoms with E-state index in [4.69, 9.17) is 0 Å². The van der Waals surface area contributed by atoms with E-state index in [-0.39, 0.29) is 0 Å². The van der Waals surface area contributed by atoms with Crippen LogP contribution in [0.3, 0.4) is 0 Å². The van der Waals surface area contributed by atoms with Crippen molar-refractivity contribution in [1.29, 1.82) is 0 Å². The van der Waals surface area contributed by atoms with Crippen LogP contribution in [-0.4, -0.2) is 16.5 Å². The van der Waals surface area contributed by atoms with Gasteiger partial charge in [-0.25, -0.2) is 0 Å². The second kappa shape index (κ2) is 4.74. The zero-order valence-electron chi connectivity index (χ0n) is 9.97. The molecule has 0 aliphatic carbocycles. The van der Waals surface area contributed by atoms with Gasteiger partial charge in [0.2, 0.25) is 0 Å². The Balaban J connectivity index is 1.90. The predicted molar refractivity (Wildman–Crippen MR) is 77.6 cm³/mol. The SMILES string of the molecule is CSc1cccc(Nc2ccc3cn[nH]c3c2)c1. The summed E-state index contributed by atoms with van der Waals surface area (Å²) in [7, 11) is 0. The van der Waals surface area contributed by atoms with E-state index < -0.39 is 0 Å². The van der Waals surface area contributed by atoms with E-state index in [1.807, 2.05) is 6.20 Å². The van der Waals surface area contributed by atoms with Gasteiger partial charge in [-0.1, -0.05) is 6.07 Å². The van der Waals surface area contributed by atoms with Crippen molar-refractivity contribution in [2.45, 2.75) is 4.90 Å². The fourth-order valence-corrected chi connectivity index (χ4v) is 2.34. The number of aromatic amines is 1. The van der Waals surface area contributed by atoms with Gasteiger partial charge in [0.05, 0.1) is 11.7 Å². The van der Waals surface area contributed by atoms with Gasteiger partial charge < -0.3 is 5.32 Å². The van der Waals surface area contributed by atoms with Crippen LogP contribution >= 0.6 is 11.8 Å². The highest BCUT2D eigenvalue weighted by molar-refractivity contribution is 7.98. The van der Waals surface area contributed by atoms with Crippen LogP contribution < -0.4 is 5.32 Å². The molecule has 4 heteroatoms. The summed E-state index contributed by atoms with van der Waals surface area (Å²) in [4.78, 5) is 1.25. The van der Waals surface area contributed by atoms with Crippen molar-refractivity contribution in [2.24, 2.45) is 0 Å². The number of nitrogens with zero attached hydrogens (tertiary/aromatic N) is 1. The molecule has 90 valence electrons. The van der Waals surface area contributed by atoms with Crippen LogP contribution in [0.5, 0.6) is 0 Å². The smallest absolute Gasteiger partial charge is 0.0670 e. The van der Waals surface area contributed by atoms with E-state index in [0.717, 1.165) is 22.3 Å². The first-order valence-corrected chi connectivity index (χ1v) is 6.92. The monoisotopic (exact) mass is 255 g/mol. The van der Waals surface area contributed by atoms with Crippen molar-refractivity contribution >= 4 is 34.0 Å². The number of hydrogen-bond donors (Lipinski definition) is 2. The fraction of sp³-hybridized carbons (Fsp3) is 0.0714. The third kappa shape index (κ3) is 2.19. The highest BCUT2D eigenvalue weighted by Gasteiger charge is 1.99. The Kier molecular flexibility index (Phi) is 2.94. The van der Waals surface area contributed by atoms with Gasteiger partial charge in [-0.3, -0.25) is 5.10 Å². The molecule has 3 aromatic rings. The highest BCUT2D eigenvalue weighted by Crippen LogP contribution is 2.24. The zero-order chi connectivity index (χ0) is 12.4. The number of thioether (sulfide) groups is 1. The standard InChI is InChI=1S/C14H13N3S/c1-18-13-4-2-3-11(7-13)16-12-6-5-10-9-15-17-14(10)8-12/h2-9,16H,1H3,(H,15,17). The van der Waals surface area contributed by atoms with E-state index in [1.54, 1.807) is 11.8 Å². The lowest BCUT2D eigenvalue weighted by atomic mass is 10.2. The van der Waals surface area contributed by atoms with E-state index >= 15 is 0 Å². The minimum absolute atomic E-state index is 1.04. The topological polar surface area (TPSA) is 40.7 Å². The molecular weight excluding hydrogens is 242 g/mol. The minimum Gasteiger partial charge on any atom is -0.355 e. The lowest BCUT2D eigenvalue weighted by Gasteiger charge is -2.07. The van der Waals surface area contributed by atoms with Crippen molar-refractivity contribution < 1.29 is 0 Å². The maximum Gasteiger partial charge on any atom is 0.0670 e. The number of H-pyrrole nitrogens is 1. The van der Waals surface area contributed by atoms with Crippen LogP contribution in [0.25, 0.3) is 10.9 Å². The van der Waals surface area contributed by atoms with E-state index in [2.05, 4.69) is 64.2 Å². The quantitative estimate of drug-likeness (QED) is 0.694. The summed E-state index contributed by atoms with van der Waals surface area (Å²) in [6, 6.07) is 14.5. The Morgan fingerprint density at radius 3 is 2.89 bits per heavy atom. The summed E-state index contributed by atoms with van der Waals surface area (Å²) in [6.07, 6.45) is 3.91. The average Bonchev–Trinajstić information content (AvgIpc) is 2.86. The zero-order valence-corrected chi connectivity index (χ0v) is 10.8. The van der Waals surface area contributed by atoms with Crippen molar-refractivity contribution in [1.82, 2.24) is 10.2 Å². The van der Waals surface area contributed by atoms with Crippen molar-refractivity contribution in [2.75, 3.05) is 11.6 Å². The third-order valence-corrected chi connectivity index (χ3v) is 3.53. The van der Waals surface area contributed by atoms with Crippen LogP contribution in [-0.2, 0) is 0 Å². The van der Waals surface area contributed by atoms with Gasteiger partial charge >= 0.3 is 0 Å². The molecule has 0 spiro atoms. The fourth-order valence-electron chi connectivity index (χ4n) is 1.88. The molecule has 0 aliphatic heterocycles. The number of anilines is 2. The lowest BCUT2D eigenvalue weighted by molar-refractivity contribution is 1.12. The second-order valence-corrected chi connectivity index (χ2v) is 4.91. The molecule has 3 rings (SSSR count). The first-order valence-electron chi connectivity index (χ1n) is 5.69. The molecule has 0 saturated heterocycles. The summed E-state index contributed by atoms with van der Waals surface area (Å²) in [6.45, 7) is 0. The van der Waals surface area contributed by atoms with E-state index in [1.165, 1.54) is 4.90 Å². The molecule has 0 fully saturated rings. The number of benzene rings is 2. The molecule has 0 amide bonds. The molecule has 1 aromatic heterocycles. The molecule has 0 radical (unpaired) electrons. The van der Waals surface area contributed by atoms with Crippen molar-refractivity contribution in [3.63, 3.8) is 0 Å². The third-order valence-electron chi connectivity index (χ3n) is 2.80. The molecule has 0 atom stereocenters. The molecule has 0 unspecified atom stereocenters. The van der Waals surface area contributed by atoms with Gasteiger partial charge in [0, 0.05) is 21.7 Å². The molecule has 2 aromatic carbocycles. The highest BCUT2D eigenvalue weighted by atomic mass is 32.2. The van der Waals surface area contributed by atoms with Crippen LogP contribution in [0.2, 0.25) is 0 Å². The maximum atomic E-state index is 4.02. The summed E-state index contributed by atoms with van der Waals surface area (Å²) in [5, 5.41) is 11.5. The lowest BCUT2D eigenvalue weighted by Crippen LogP contribution is -1.89. The Labute approximate surface area is 110 Å². The molecule has 0 saturated carbocycles. The van der Waals surface area contributed by atoms with Crippen LogP contribution in [0.15, 0.2) is 53.6 Å². The molecule has 1 heterocycles. The van der Waals surface area contributed by atoms with Gasteiger partial charge in [-0.05, 0) is 42.7 Å². The van der Waals surface area contributed by atoms with Gasteiger partial charge in [0.25, 0.3) is 0 Å². The van der Waals surface area contributed by atoms with Crippen molar-refractivity contribution in [3.8, 4) is 0 Å². The van der Waals surface area contributed by atoms with Gasteiger partial charge in [-0.2, -0.15) is 5.10 Å². The van der Waals surface area contributed by atoms with E-state index in [0.29, 0.717) is 0 Å². The summed E-state index contributed by atoms with van der Waals surface area (Å²) >= 11 is 1.74. The van der Waals surface area contributed by atoms with Gasteiger partial charge in [0.1, 0.15) is 0 Å². The van der Waals surface area contributed by atoms with Gasteiger partial charge in [-0.15, -0.1) is 11.8 Å². The Morgan fingerprint density at radius 1 is 1.11 bits per heavy atom. The minimum atomic E-state index is 1.04. The second-order valence-electron chi connectivity index (χ2n) is 4.03. The molecular formula is C14H13N3S. The van der Waals surface area contributed by atoms with E-state index in [9.17, 15) is 0 Å². The largest absolute Gasteiger partial charge is 0.355 e. The van der Waals surface area contributed by atoms with Gasteiger partial charge in [0.15, 0.2) is 0 Å². The summed E-state index contributed by atoms with van der Waals surface area (Å²) in [5.41, 5.74) is 3.20. The predicted octanol–water partition coefficient (Wildman–Crippen LogP) is 4.03. The first-order chi connectivity index (χ1) is 8.85. The summed E-state index contributed by atoms with van der Waals surface area (Å²) in [5.74, 6) is 0. The number of rotatable bonds is 3.